The Balaban J connectivity index is 1.47. The fourth-order valence-electron chi connectivity index (χ4n) is 3.23. The second-order valence-electron chi connectivity index (χ2n) is 7.68. The van der Waals surface area contributed by atoms with E-state index in [9.17, 15) is 8.42 Å². The van der Waals surface area contributed by atoms with E-state index >= 15 is 0 Å². The van der Waals surface area contributed by atoms with Crippen molar-refractivity contribution < 1.29 is 13.2 Å². The maximum Gasteiger partial charge on any atom is 0.252 e. The number of hydrogen-bond acceptors (Lipinski definition) is 5. The number of nitrogens with zero attached hydrogens (tertiary/aromatic N) is 2. The average molecular weight is 443 g/mol. The molecular weight excluding hydrogens is 408 g/mol. The summed E-state index contributed by atoms with van der Waals surface area (Å²) in [6, 6.07) is 3.59. The van der Waals surface area contributed by atoms with Crippen LogP contribution in [0.3, 0.4) is 0 Å². The van der Waals surface area contributed by atoms with Crippen LogP contribution in [0, 0.1) is 5.92 Å². The first-order valence-electron chi connectivity index (χ1n) is 10.8. The summed E-state index contributed by atoms with van der Waals surface area (Å²) in [6.45, 7) is 7.01. The first-order chi connectivity index (χ1) is 14.1. The number of sulfonamides is 1. The van der Waals surface area contributed by atoms with Crippen LogP contribution < -0.4 is 10.6 Å². The molecule has 0 bridgehead atoms. The molecule has 164 valence electrons. The van der Waals surface area contributed by atoms with Gasteiger partial charge in [-0.05, 0) is 57.1 Å². The molecule has 0 unspecified atom stereocenters. The summed E-state index contributed by atoms with van der Waals surface area (Å²) in [5.41, 5.74) is 0. The molecule has 0 atom stereocenters. The Labute approximate surface area is 179 Å². The smallest absolute Gasteiger partial charge is 0.252 e. The molecule has 2 heterocycles. The van der Waals surface area contributed by atoms with Gasteiger partial charge in [-0.1, -0.05) is 6.42 Å². The first-order valence-corrected chi connectivity index (χ1v) is 13.0. The van der Waals surface area contributed by atoms with Crippen LogP contribution in [0.2, 0.25) is 0 Å². The highest BCUT2D eigenvalue weighted by Gasteiger charge is 2.27. The Morgan fingerprint density at radius 1 is 1.24 bits per heavy atom. The lowest BCUT2D eigenvalue weighted by Crippen LogP contribution is -2.38. The van der Waals surface area contributed by atoms with Crippen molar-refractivity contribution in [3.8, 4) is 0 Å². The molecule has 9 heteroatoms. The quantitative estimate of drug-likeness (QED) is 0.313. The van der Waals surface area contributed by atoms with Crippen LogP contribution in [-0.4, -0.2) is 58.1 Å². The fraction of sp³-hybridized carbons (Fsp3) is 0.750. The number of rotatable bonds is 11. The predicted molar refractivity (Wildman–Crippen MR) is 118 cm³/mol. The van der Waals surface area contributed by atoms with Crippen molar-refractivity contribution in [2.24, 2.45) is 10.9 Å². The van der Waals surface area contributed by atoms with E-state index in [0.29, 0.717) is 23.8 Å². The molecule has 0 spiro atoms. The van der Waals surface area contributed by atoms with Crippen LogP contribution in [-0.2, 0) is 21.3 Å². The summed E-state index contributed by atoms with van der Waals surface area (Å²) >= 11 is 1.32. The molecule has 3 rings (SSSR count). The van der Waals surface area contributed by atoms with E-state index in [-0.39, 0.29) is 0 Å². The van der Waals surface area contributed by atoms with Gasteiger partial charge in [0.2, 0.25) is 0 Å². The highest BCUT2D eigenvalue weighted by atomic mass is 32.2. The molecule has 1 aromatic rings. The van der Waals surface area contributed by atoms with Gasteiger partial charge in [-0.2, -0.15) is 4.31 Å². The van der Waals surface area contributed by atoms with Gasteiger partial charge in [0.15, 0.2) is 5.96 Å². The lowest BCUT2D eigenvalue weighted by atomic mass is 10.2. The zero-order valence-electron chi connectivity index (χ0n) is 17.4. The third-order valence-electron chi connectivity index (χ3n) is 5.09. The number of nitrogens with one attached hydrogen (secondary N) is 2. The maximum atomic E-state index is 12.8. The topological polar surface area (TPSA) is 83.0 Å². The molecule has 1 aliphatic heterocycles. The normalized spacial score (nSPS) is 18.7. The largest absolute Gasteiger partial charge is 0.381 e. The van der Waals surface area contributed by atoms with E-state index in [1.165, 1.54) is 24.2 Å². The minimum Gasteiger partial charge on any atom is -0.381 e. The molecule has 7 nitrogen and oxygen atoms in total. The Bertz CT molecular complexity index is 754. The second-order valence-corrected chi connectivity index (χ2v) is 11.0. The second kappa shape index (κ2) is 11.3. The first kappa shape index (κ1) is 22.5. The number of hydrogen-bond donors (Lipinski definition) is 2. The molecule has 1 aliphatic carbocycles. The number of aliphatic imine (C=N–C) groups is 1. The van der Waals surface area contributed by atoms with Gasteiger partial charge in [0, 0.05) is 44.3 Å². The number of guanidine groups is 1. The van der Waals surface area contributed by atoms with E-state index in [1.54, 1.807) is 10.4 Å². The van der Waals surface area contributed by atoms with Gasteiger partial charge in [0.25, 0.3) is 10.0 Å². The molecule has 1 aromatic heterocycles. The lowest BCUT2D eigenvalue weighted by Gasteiger charge is -2.25. The molecule has 1 saturated heterocycles. The van der Waals surface area contributed by atoms with Crippen molar-refractivity contribution >= 4 is 27.3 Å². The predicted octanol–water partition coefficient (Wildman–Crippen LogP) is 2.79. The molecule has 0 radical (unpaired) electrons. The number of ether oxygens (including phenoxy) is 1. The van der Waals surface area contributed by atoms with Crippen molar-refractivity contribution in [3.63, 3.8) is 0 Å². The van der Waals surface area contributed by atoms with Gasteiger partial charge in [0.05, 0.1) is 6.54 Å². The summed E-state index contributed by atoms with van der Waals surface area (Å²) < 4.78 is 33.3. The van der Waals surface area contributed by atoms with Crippen molar-refractivity contribution in [3.05, 3.63) is 17.0 Å². The van der Waals surface area contributed by atoms with E-state index in [2.05, 4.69) is 15.6 Å². The number of thiophene rings is 1. The van der Waals surface area contributed by atoms with Gasteiger partial charge in [-0.15, -0.1) is 11.3 Å². The van der Waals surface area contributed by atoms with Crippen molar-refractivity contribution in [2.45, 2.75) is 56.2 Å². The lowest BCUT2D eigenvalue weighted by molar-refractivity contribution is 0.123. The molecule has 0 aromatic carbocycles. The highest BCUT2D eigenvalue weighted by Crippen LogP contribution is 2.29. The van der Waals surface area contributed by atoms with Crippen LogP contribution in [0.15, 0.2) is 21.3 Å². The molecule has 0 amide bonds. The molecule has 2 fully saturated rings. The van der Waals surface area contributed by atoms with Gasteiger partial charge < -0.3 is 15.4 Å². The monoisotopic (exact) mass is 442 g/mol. The molecule has 29 heavy (non-hydrogen) atoms. The molecule has 2 aliphatic rings. The van der Waals surface area contributed by atoms with E-state index < -0.39 is 10.0 Å². The van der Waals surface area contributed by atoms with Gasteiger partial charge >= 0.3 is 0 Å². The summed E-state index contributed by atoms with van der Waals surface area (Å²) in [4.78, 5) is 5.55. The van der Waals surface area contributed by atoms with Crippen molar-refractivity contribution in [1.82, 2.24) is 14.9 Å². The fourth-order valence-corrected chi connectivity index (χ4v) is 6.18. The van der Waals surface area contributed by atoms with Crippen LogP contribution >= 0.6 is 11.3 Å². The molecule has 2 N–H and O–H groups in total. The summed E-state index contributed by atoms with van der Waals surface area (Å²) in [6.07, 6.45) is 6.59. The minimum absolute atomic E-state index is 0.426. The Hall–Kier alpha value is -1.16. The highest BCUT2D eigenvalue weighted by molar-refractivity contribution is 7.91. The van der Waals surface area contributed by atoms with E-state index in [0.717, 1.165) is 68.7 Å². The molecule has 1 saturated carbocycles. The van der Waals surface area contributed by atoms with Gasteiger partial charge in [-0.25, -0.2) is 13.4 Å². The van der Waals surface area contributed by atoms with E-state index in [1.807, 2.05) is 13.0 Å². The zero-order chi connectivity index (χ0) is 20.5. The summed E-state index contributed by atoms with van der Waals surface area (Å²) in [5.74, 6) is 1.56. The standard InChI is InChI=1S/C20H34N4O3S2/c1-2-21-20(22-11-6-14-27-16-17-7-8-17)23-15-18-9-10-19(28-18)29(25,26)24-12-4-3-5-13-24/h9-10,17H,2-8,11-16H2,1H3,(H2,21,22,23). The summed E-state index contributed by atoms with van der Waals surface area (Å²) in [5, 5.41) is 6.56. The Morgan fingerprint density at radius 3 is 2.76 bits per heavy atom. The zero-order valence-corrected chi connectivity index (χ0v) is 19.0. The van der Waals surface area contributed by atoms with Crippen LogP contribution in [0.5, 0.6) is 0 Å². The number of piperidine rings is 1. The summed E-state index contributed by atoms with van der Waals surface area (Å²) in [7, 11) is -3.36. The van der Waals surface area contributed by atoms with Crippen LogP contribution in [0.25, 0.3) is 0 Å². The third kappa shape index (κ3) is 7.24. The van der Waals surface area contributed by atoms with Gasteiger partial charge in [0.1, 0.15) is 4.21 Å². The van der Waals surface area contributed by atoms with Crippen molar-refractivity contribution in [1.29, 1.82) is 0 Å². The Kier molecular flexibility index (Phi) is 8.77. The van der Waals surface area contributed by atoms with E-state index in [4.69, 9.17) is 4.74 Å². The van der Waals surface area contributed by atoms with Gasteiger partial charge in [-0.3, -0.25) is 0 Å². The van der Waals surface area contributed by atoms with Crippen LogP contribution in [0.4, 0.5) is 0 Å². The average Bonchev–Trinajstić information content (AvgIpc) is 3.43. The van der Waals surface area contributed by atoms with Crippen molar-refractivity contribution in [2.75, 3.05) is 39.4 Å². The van der Waals surface area contributed by atoms with Crippen LogP contribution in [0.1, 0.15) is 50.3 Å². The third-order valence-corrected chi connectivity index (χ3v) is 8.53. The molecular formula is C20H34N4O3S2. The minimum atomic E-state index is -3.36. The SMILES string of the molecule is CCNC(=NCc1ccc(S(=O)(=O)N2CCCCC2)s1)NCCCOCC1CC1. The maximum absolute atomic E-state index is 12.8. The Morgan fingerprint density at radius 2 is 2.03 bits per heavy atom.